The van der Waals surface area contributed by atoms with E-state index in [-0.39, 0.29) is 0 Å². The summed E-state index contributed by atoms with van der Waals surface area (Å²) in [4.78, 5) is 5.46. The van der Waals surface area contributed by atoms with Crippen molar-refractivity contribution in [3.8, 4) is 0 Å². The first-order valence-corrected chi connectivity index (χ1v) is 23.7. The molecule has 2 bridgehead atoms. The number of allylic oxidation sites excluding steroid dienone is 1. The van der Waals surface area contributed by atoms with Crippen molar-refractivity contribution >= 4 is 29.3 Å². The molecule has 0 radical (unpaired) electrons. The van der Waals surface area contributed by atoms with Gasteiger partial charge in [0.1, 0.15) is 5.82 Å². The summed E-state index contributed by atoms with van der Waals surface area (Å²) in [7, 11) is 0. The van der Waals surface area contributed by atoms with Crippen LogP contribution in [0.5, 0.6) is 0 Å². The molecule has 1 aromatic rings. The molecule has 9 heteroatoms. The average Bonchev–Trinajstić information content (AvgIpc) is 3.66. The van der Waals surface area contributed by atoms with Gasteiger partial charge in [0.25, 0.3) is 0 Å². The number of nitrogens with zero attached hydrogens (tertiary/aromatic N) is 1. The predicted molar refractivity (Wildman–Crippen MR) is 231 cm³/mol. The number of nitrogens with one attached hydrogen (secondary N) is 5. The number of piperidine rings is 1. The standard InChI is InChI=1S/C7H8N2S.C6H11N.C6H13N.2C6H11N.C6H12O.C6H12S/c1-2-6-7(8-3-1)9-4-5-10-6;1-2-6-3-5(1)4-7-6;5*1-2-4-6-7-5-3-1/h1-3H,4-5H2,(H,8,9);5-7H,1-4H2;7H,1-6H2;1,3,7H,2,4-6H2;1-2,7H,3-6H2;2*1-6H2. The van der Waals surface area contributed by atoms with Gasteiger partial charge >= 0.3 is 0 Å². The molecule has 4 saturated heterocycles. The Hall–Kier alpha value is -1.07. The van der Waals surface area contributed by atoms with E-state index in [2.05, 4.69) is 73.7 Å². The van der Waals surface area contributed by atoms with E-state index in [9.17, 15) is 0 Å². The Morgan fingerprint density at radius 2 is 1.29 bits per heavy atom. The number of fused-ring (bicyclic) bond motifs is 3. The van der Waals surface area contributed by atoms with Crippen molar-refractivity contribution in [1.82, 2.24) is 26.3 Å². The predicted octanol–water partition coefficient (Wildman–Crippen LogP) is 9.23. The van der Waals surface area contributed by atoms with Gasteiger partial charge in [0, 0.05) is 49.2 Å². The minimum atomic E-state index is 0.921. The average molecular weight is 759 g/mol. The molecule has 5 N–H and O–H groups in total. The lowest BCUT2D eigenvalue weighted by molar-refractivity contribution is 0.144. The molecule has 2 unspecified atom stereocenters. The first kappa shape index (κ1) is 45.3. The molecule has 5 fully saturated rings. The smallest absolute Gasteiger partial charge is 0.139 e. The monoisotopic (exact) mass is 759 g/mol. The van der Waals surface area contributed by atoms with Gasteiger partial charge in [-0.3, -0.25) is 0 Å². The lowest BCUT2D eigenvalue weighted by atomic mass is 10.1. The van der Waals surface area contributed by atoms with Gasteiger partial charge in [-0.25, -0.2) is 4.98 Å². The molecule has 0 amide bonds. The van der Waals surface area contributed by atoms with E-state index in [0.29, 0.717) is 0 Å². The minimum absolute atomic E-state index is 0.921. The van der Waals surface area contributed by atoms with Crippen LogP contribution in [0, 0.1) is 5.92 Å². The van der Waals surface area contributed by atoms with E-state index in [1.807, 2.05) is 24.0 Å². The Kier molecular flexibility index (Phi) is 30.0. The van der Waals surface area contributed by atoms with Crippen LogP contribution in [0.2, 0.25) is 0 Å². The number of hydrogen-bond donors (Lipinski definition) is 5. The van der Waals surface area contributed by atoms with E-state index < -0.39 is 0 Å². The van der Waals surface area contributed by atoms with Crippen molar-refractivity contribution in [2.24, 2.45) is 5.92 Å². The Balaban J connectivity index is 0.000000164. The van der Waals surface area contributed by atoms with Crippen LogP contribution in [0.3, 0.4) is 0 Å². The number of rotatable bonds is 0. The summed E-state index contributed by atoms with van der Waals surface area (Å²) in [5, 5.41) is 16.6. The van der Waals surface area contributed by atoms with Gasteiger partial charge in [0.2, 0.25) is 0 Å². The number of hydrogen-bond acceptors (Lipinski definition) is 9. The maximum atomic E-state index is 5.19. The zero-order valence-corrected chi connectivity index (χ0v) is 34.6. The van der Waals surface area contributed by atoms with Crippen molar-refractivity contribution in [3.05, 3.63) is 42.6 Å². The van der Waals surface area contributed by atoms with Crippen molar-refractivity contribution in [2.75, 3.05) is 88.1 Å². The molecule has 0 aromatic carbocycles. The number of anilines is 1. The fourth-order valence-corrected chi connectivity index (χ4v) is 8.80. The number of pyridine rings is 1. The highest BCUT2D eigenvalue weighted by molar-refractivity contribution is 7.99. The lowest BCUT2D eigenvalue weighted by Crippen LogP contribution is -2.23. The van der Waals surface area contributed by atoms with Crippen LogP contribution in [0.1, 0.15) is 122 Å². The SMILES string of the molecule is C1=CCCNCC1.C1=CCNCCC1.C1CC2CC1CN2.C1CCCNCC1.C1CCCOCC1.C1CCCSCC1.c1cnc2c(c1)SCCN2. The maximum Gasteiger partial charge on any atom is 0.139 e. The number of thioether (sulfide) groups is 2. The van der Waals surface area contributed by atoms with Gasteiger partial charge in [0.15, 0.2) is 0 Å². The summed E-state index contributed by atoms with van der Waals surface area (Å²) in [6.07, 6.45) is 37.0. The topological polar surface area (TPSA) is 82.3 Å². The zero-order chi connectivity index (χ0) is 36.3. The fraction of sp³-hybridized carbons (Fsp3) is 0.791. The molecule has 1 aliphatic carbocycles. The van der Waals surface area contributed by atoms with Crippen LogP contribution in [0.25, 0.3) is 0 Å². The minimum Gasteiger partial charge on any atom is -0.381 e. The van der Waals surface area contributed by atoms with Gasteiger partial charge in [0.05, 0.1) is 0 Å². The summed E-state index contributed by atoms with van der Waals surface area (Å²) in [6.45, 7) is 11.4. The van der Waals surface area contributed by atoms with Crippen LogP contribution in [0.15, 0.2) is 47.5 Å². The molecule has 7 nitrogen and oxygen atoms in total. The van der Waals surface area contributed by atoms with E-state index in [1.54, 1.807) is 0 Å². The molecule has 8 heterocycles. The molecule has 8 aliphatic rings. The summed E-state index contributed by atoms with van der Waals surface area (Å²) in [6, 6.07) is 4.99. The summed E-state index contributed by atoms with van der Waals surface area (Å²) < 4.78 is 5.19. The van der Waals surface area contributed by atoms with Gasteiger partial charge in [-0.2, -0.15) is 11.8 Å². The maximum absolute atomic E-state index is 5.19. The molecular weight excluding hydrogens is 681 g/mol. The zero-order valence-electron chi connectivity index (χ0n) is 33.0. The lowest BCUT2D eigenvalue weighted by Gasteiger charge is -2.14. The van der Waals surface area contributed by atoms with Crippen LogP contribution >= 0.6 is 23.5 Å². The Morgan fingerprint density at radius 1 is 0.615 bits per heavy atom. The van der Waals surface area contributed by atoms with E-state index in [4.69, 9.17) is 4.74 Å². The summed E-state index contributed by atoms with van der Waals surface area (Å²) in [5.41, 5.74) is 0. The molecule has 298 valence electrons. The van der Waals surface area contributed by atoms with E-state index in [1.165, 1.54) is 165 Å². The van der Waals surface area contributed by atoms with Crippen LogP contribution < -0.4 is 26.6 Å². The second-order valence-electron chi connectivity index (χ2n) is 14.7. The van der Waals surface area contributed by atoms with E-state index >= 15 is 0 Å². The first-order valence-electron chi connectivity index (χ1n) is 21.5. The normalized spacial score (nSPS) is 25.0. The van der Waals surface area contributed by atoms with Gasteiger partial charge in [-0.15, -0.1) is 11.8 Å². The molecule has 2 atom stereocenters. The molecule has 0 spiro atoms. The van der Waals surface area contributed by atoms with Crippen LogP contribution in [0.4, 0.5) is 5.82 Å². The largest absolute Gasteiger partial charge is 0.381 e. The van der Waals surface area contributed by atoms with Gasteiger partial charge in [-0.05, 0) is 152 Å². The Bertz CT molecular complexity index is 827. The third kappa shape index (κ3) is 25.9. The summed E-state index contributed by atoms with van der Waals surface area (Å²) >= 11 is 3.98. The molecule has 52 heavy (non-hydrogen) atoms. The number of ether oxygens (including phenoxy) is 1. The van der Waals surface area contributed by atoms with Crippen LogP contribution in [-0.4, -0.2) is 93.9 Å². The Morgan fingerprint density at radius 3 is 1.92 bits per heavy atom. The molecule has 1 aromatic heterocycles. The molecule has 9 rings (SSSR count). The third-order valence-corrected chi connectivity index (χ3v) is 12.3. The van der Waals surface area contributed by atoms with Crippen molar-refractivity contribution in [3.63, 3.8) is 0 Å². The molecule has 1 saturated carbocycles. The third-order valence-electron chi connectivity index (χ3n) is 10.1. The second kappa shape index (κ2) is 34.4. The highest BCUT2D eigenvalue weighted by Crippen LogP contribution is 2.30. The molecular formula is C43H78N6OS2. The fourth-order valence-electron chi connectivity index (χ4n) is 6.92. The van der Waals surface area contributed by atoms with Crippen molar-refractivity contribution in [2.45, 2.75) is 133 Å². The highest BCUT2D eigenvalue weighted by Gasteiger charge is 2.30. The molecule has 7 aliphatic heterocycles. The van der Waals surface area contributed by atoms with Crippen molar-refractivity contribution < 1.29 is 4.74 Å². The Labute approximate surface area is 328 Å². The van der Waals surface area contributed by atoms with E-state index in [0.717, 1.165) is 62.9 Å². The number of aromatic nitrogens is 1. The second-order valence-corrected chi connectivity index (χ2v) is 17.1. The highest BCUT2D eigenvalue weighted by atomic mass is 32.2. The quantitative estimate of drug-likeness (QED) is 0.167. The van der Waals surface area contributed by atoms with Gasteiger partial charge in [-0.1, -0.05) is 62.8 Å². The van der Waals surface area contributed by atoms with Gasteiger partial charge < -0.3 is 31.3 Å². The summed E-state index contributed by atoms with van der Waals surface area (Å²) in [5.74, 6) is 6.09. The van der Waals surface area contributed by atoms with Crippen molar-refractivity contribution in [1.29, 1.82) is 0 Å². The first-order chi connectivity index (χ1) is 25.9. The van der Waals surface area contributed by atoms with Crippen LogP contribution in [-0.2, 0) is 4.74 Å².